The standard InChI is InChI=1S/C29H28I3NO8S/c30-16-12-17(24(32)20(31)13-16)21(34)6-7-22(35)39-25-18-14-19-26(25)41-42(37,38)27(19)23(18)28(36)40-29(8-10-33-11-9-29)15-4-2-1-3-5-15/h1-5,12-13,18-19,23,25-27,33H,6-11,14H2. The minimum atomic E-state index is -4.06. The average Bonchev–Trinajstić information content (AvgIpc) is 3.57. The van der Waals surface area contributed by atoms with Crippen molar-refractivity contribution in [2.45, 2.75) is 55.2 Å². The summed E-state index contributed by atoms with van der Waals surface area (Å²) in [6, 6.07) is 13.3. The van der Waals surface area contributed by atoms with Crippen LogP contribution in [-0.2, 0) is 39.0 Å². The number of benzene rings is 2. The Labute approximate surface area is 285 Å². The number of esters is 2. The van der Waals surface area contributed by atoms with Gasteiger partial charge in [0, 0.05) is 47.4 Å². The predicted molar refractivity (Wildman–Crippen MR) is 177 cm³/mol. The molecule has 6 atom stereocenters. The first kappa shape index (κ1) is 31.1. The van der Waals surface area contributed by atoms with E-state index in [4.69, 9.17) is 13.7 Å². The van der Waals surface area contributed by atoms with Crippen LogP contribution >= 0.6 is 67.8 Å². The third-order valence-corrected chi connectivity index (χ3v) is 14.4. The lowest BCUT2D eigenvalue weighted by atomic mass is 9.82. The molecular weight excluding hydrogens is 903 g/mol. The first-order chi connectivity index (χ1) is 20.0. The van der Waals surface area contributed by atoms with Crippen molar-refractivity contribution in [3.8, 4) is 0 Å². The van der Waals surface area contributed by atoms with Gasteiger partial charge in [-0.25, -0.2) is 0 Å². The van der Waals surface area contributed by atoms with Crippen LogP contribution in [0.5, 0.6) is 0 Å². The molecule has 4 fully saturated rings. The number of hydrogen-bond acceptors (Lipinski definition) is 9. The average molecular weight is 931 g/mol. The maximum absolute atomic E-state index is 13.9. The van der Waals surface area contributed by atoms with Crippen molar-refractivity contribution in [2.75, 3.05) is 13.1 Å². The molecule has 42 heavy (non-hydrogen) atoms. The second-order valence-corrected chi connectivity index (χ2v) is 16.5. The molecule has 13 heteroatoms. The summed E-state index contributed by atoms with van der Waals surface area (Å²) in [6.07, 6.45) is -0.415. The van der Waals surface area contributed by atoms with Gasteiger partial charge in [0.25, 0.3) is 10.1 Å². The van der Waals surface area contributed by atoms with Crippen molar-refractivity contribution >= 4 is 95.6 Å². The third-order valence-electron chi connectivity index (χ3n) is 8.92. The number of carbonyl (C=O) groups excluding carboxylic acids is 3. The van der Waals surface area contributed by atoms with Gasteiger partial charge < -0.3 is 14.8 Å². The highest BCUT2D eigenvalue weighted by Crippen LogP contribution is 2.59. The Kier molecular flexibility index (Phi) is 8.99. The molecule has 2 aromatic carbocycles. The summed E-state index contributed by atoms with van der Waals surface area (Å²) in [5.74, 6) is -3.37. The SMILES string of the molecule is O=C(CCC(=O)c1cc(I)cc(I)c1I)OC1C2CC3C1OS(=O)(=O)C3C2C(=O)OC1(c2ccccc2)CCNCC1. The van der Waals surface area contributed by atoms with Crippen LogP contribution in [0.25, 0.3) is 0 Å². The van der Waals surface area contributed by atoms with Crippen LogP contribution < -0.4 is 5.32 Å². The third kappa shape index (κ3) is 5.67. The quantitative estimate of drug-likeness (QED) is 0.134. The molecule has 9 nitrogen and oxygen atoms in total. The van der Waals surface area contributed by atoms with Gasteiger partial charge in [-0.1, -0.05) is 30.3 Å². The van der Waals surface area contributed by atoms with Crippen molar-refractivity contribution < 1.29 is 36.5 Å². The lowest BCUT2D eigenvalue weighted by molar-refractivity contribution is -0.177. The molecule has 4 aliphatic rings. The number of rotatable bonds is 8. The highest BCUT2D eigenvalue weighted by atomic mass is 127. The van der Waals surface area contributed by atoms with Crippen LogP contribution in [0.15, 0.2) is 42.5 Å². The smallest absolute Gasteiger partial charge is 0.311 e. The Bertz CT molecular complexity index is 1530. The Hall–Kier alpha value is -0.890. The second kappa shape index (κ2) is 12.1. The number of Topliss-reactive ketones (excluding diaryl/α,β-unsaturated/α-hetero) is 1. The lowest BCUT2D eigenvalue weighted by Gasteiger charge is -2.39. The number of carbonyl (C=O) groups is 3. The number of nitrogens with one attached hydrogen (secondary N) is 1. The Balaban J connectivity index is 1.18. The fourth-order valence-electron chi connectivity index (χ4n) is 7.06. The summed E-state index contributed by atoms with van der Waals surface area (Å²) in [7, 11) is -4.06. The molecular formula is C29H28I3NO8S. The van der Waals surface area contributed by atoms with Gasteiger partial charge in [-0.15, -0.1) is 0 Å². The van der Waals surface area contributed by atoms with E-state index in [0.717, 1.165) is 16.3 Å². The number of halogens is 3. The molecule has 2 bridgehead atoms. The summed E-state index contributed by atoms with van der Waals surface area (Å²) < 4.78 is 46.5. The molecule has 1 N–H and O–H groups in total. The number of fused-ring (bicyclic) bond motifs is 1. The van der Waals surface area contributed by atoms with E-state index in [-0.39, 0.29) is 18.6 Å². The van der Waals surface area contributed by atoms with E-state index in [0.29, 0.717) is 37.9 Å². The molecule has 2 aliphatic heterocycles. The fraction of sp³-hybridized carbons (Fsp3) is 0.483. The van der Waals surface area contributed by atoms with Crippen LogP contribution in [0.4, 0.5) is 0 Å². The molecule has 0 radical (unpaired) electrons. The highest BCUT2D eigenvalue weighted by molar-refractivity contribution is 14.1. The largest absolute Gasteiger partial charge is 0.459 e. The number of ketones is 1. The maximum Gasteiger partial charge on any atom is 0.311 e. The van der Waals surface area contributed by atoms with Crippen LogP contribution in [0.2, 0.25) is 0 Å². The Morgan fingerprint density at radius 1 is 1.00 bits per heavy atom. The maximum atomic E-state index is 13.9. The lowest BCUT2D eigenvalue weighted by Crippen LogP contribution is -2.49. The number of hydrogen-bond donors (Lipinski definition) is 1. The van der Waals surface area contributed by atoms with E-state index in [1.54, 1.807) is 6.07 Å². The summed E-state index contributed by atoms with van der Waals surface area (Å²) in [5.41, 5.74) is 0.558. The molecule has 2 aliphatic carbocycles. The zero-order chi connectivity index (χ0) is 29.8. The minimum Gasteiger partial charge on any atom is -0.459 e. The minimum absolute atomic E-state index is 0.0443. The van der Waals surface area contributed by atoms with Crippen molar-refractivity contribution in [1.29, 1.82) is 0 Å². The molecule has 0 aromatic heterocycles. The van der Waals surface area contributed by atoms with Gasteiger partial charge in [-0.3, -0.25) is 18.6 Å². The van der Waals surface area contributed by atoms with E-state index in [1.165, 1.54) is 0 Å². The van der Waals surface area contributed by atoms with E-state index in [9.17, 15) is 22.8 Å². The summed E-state index contributed by atoms with van der Waals surface area (Å²) in [5, 5.41) is 2.28. The van der Waals surface area contributed by atoms with E-state index in [2.05, 4.69) is 73.1 Å². The predicted octanol–water partition coefficient (Wildman–Crippen LogP) is 4.56. The van der Waals surface area contributed by atoms with E-state index >= 15 is 0 Å². The highest BCUT2D eigenvalue weighted by Gasteiger charge is 2.72. The van der Waals surface area contributed by atoms with Crippen molar-refractivity contribution in [2.24, 2.45) is 17.8 Å². The normalized spacial score (nSPS) is 30.2. The molecule has 6 unspecified atom stereocenters. The van der Waals surface area contributed by atoms with Crippen LogP contribution in [0, 0.1) is 28.5 Å². The molecule has 2 saturated heterocycles. The summed E-state index contributed by atoms with van der Waals surface area (Å²) in [6.45, 7) is 1.32. The van der Waals surface area contributed by atoms with Crippen molar-refractivity contribution in [3.63, 3.8) is 0 Å². The molecule has 224 valence electrons. The Morgan fingerprint density at radius 3 is 2.43 bits per heavy atom. The number of ether oxygens (including phenoxy) is 2. The molecule has 2 aromatic rings. The van der Waals surface area contributed by atoms with Crippen LogP contribution in [-0.4, -0.2) is 56.7 Å². The first-order valence-corrected chi connectivity index (χ1v) is 18.5. The van der Waals surface area contributed by atoms with Gasteiger partial charge in [-0.05, 0) is 105 Å². The van der Waals surface area contributed by atoms with Gasteiger partial charge in [-0.2, -0.15) is 8.42 Å². The summed E-state index contributed by atoms with van der Waals surface area (Å²) in [4.78, 5) is 39.8. The van der Waals surface area contributed by atoms with Crippen LogP contribution in [0.3, 0.4) is 0 Å². The van der Waals surface area contributed by atoms with Gasteiger partial charge in [0.1, 0.15) is 23.1 Å². The van der Waals surface area contributed by atoms with Gasteiger partial charge in [0.15, 0.2) is 5.78 Å². The molecule has 0 spiro atoms. The van der Waals surface area contributed by atoms with Gasteiger partial charge in [0.2, 0.25) is 0 Å². The van der Waals surface area contributed by atoms with E-state index < -0.39 is 62.9 Å². The first-order valence-electron chi connectivity index (χ1n) is 13.8. The monoisotopic (exact) mass is 931 g/mol. The van der Waals surface area contributed by atoms with Crippen molar-refractivity contribution in [1.82, 2.24) is 5.32 Å². The van der Waals surface area contributed by atoms with Gasteiger partial charge >= 0.3 is 11.9 Å². The fourth-order valence-corrected chi connectivity index (χ4v) is 11.6. The molecule has 2 heterocycles. The zero-order valence-electron chi connectivity index (χ0n) is 22.3. The van der Waals surface area contributed by atoms with Crippen LogP contribution in [0.1, 0.15) is 48.0 Å². The van der Waals surface area contributed by atoms with E-state index in [1.807, 2.05) is 36.4 Å². The summed E-state index contributed by atoms with van der Waals surface area (Å²) >= 11 is 6.45. The zero-order valence-corrected chi connectivity index (χ0v) is 29.6. The number of piperidine rings is 1. The Morgan fingerprint density at radius 2 is 1.71 bits per heavy atom. The molecule has 2 saturated carbocycles. The van der Waals surface area contributed by atoms with Gasteiger partial charge in [0.05, 0.1) is 12.3 Å². The topological polar surface area (TPSA) is 125 Å². The van der Waals surface area contributed by atoms with Crippen molar-refractivity contribution in [3.05, 3.63) is 64.3 Å². The molecule has 6 rings (SSSR count). The molecule has 0 amide bonds. The second-order valence-electron chi connectivity index (χ2n) is 11.3.